The molecule has 2 aromatic carbocycles. The lowest BCUT2D eigenvalue weighted by molar-refractivity contribution is -0.124. The minimum atomic E-state index is -0.146. The minimum Gasteiger partial charge on any atom is -0.398 e. The van der Waals surface area contributed by atoms with Crippen molar-refractivity contribution in [2.45, 2.75) is 26.3 Å². The maximum atomic E-state index is 12.1. The van der Waals surface area contributed by atoms with Crippen molar-refractivity contribution < 1.29 is 14.3 Å². The first-order valence-electron chi connectivity index (χ1n) is 13.5. The molecule has 1 amide bonds. The number of hydrogen-bond donors (Lipinski definition) is 3. The van der Waals surface area contributed by atoms with E-state index >= 15 is 0 Å². The van der Waals surface area contributed by atoms with E-state index in [-0.39, 0.29) is 24.5 Å². The molecule has 210 valence electrons. The molecule has 0 spiro atoms. The molecule has 5 rings (SSSR count). The van der Waals surface area contributed by atoms with Crippen molar-refractivity contribution in [3.05, 3.63) is 71.8 Å². The molecule has 9 nitrogen and oxygen atoms in total. The average molecular weight is 569 g/mol. The summed E-state index contributed by atoms with van der Waals surface area (Å²) in [6.45, 7) is 4.91. The molecule has 4 N–H and O–H groups in total. The van der Waals surface area contributed by atoms with Gasteiger partial charge in [0.2, 0.25) is 5.91 Å². The molecule has 1 aliphatic rings. The number of thiophene rings is 1. The van der Waals surface area contributed by atoms with E-state index in [1.807, 2.05) is 36.4 Å². The maximum Gasteiger partial charge on any atom is 0.220 e. The van der Waals surface area contributed by atoms with Crippen LogP contribution in [0.25, 0.3) is 32.0 Å². The van der Waals surface area contributed by atoms with Gasteiger partial charge in [-0.1, -0.05) is 42.5 Å². The van der Waals surface area contributed by atoms with Crippen molar-refractivity contribution in [3.63, 3.8) is 0 Å². The summed E-state index contributed by atoms with van der Waals surface area (Å²) in [5, 5.41) is 10.8. The number of aromatic nitrogens is 2. The number of rotatable bonds is 10. The highest BCUT2D eigenvalue weighted by atomic mass is 32.1. The Morgan fingerprint density at radius 3 is 2.63 bits per heavy atom. The molecule has 2 aromatic heterocycles. The second-order valence-electron chi connectivity index (χ2n) is 9.69. The van der Waals surface area contributed by atoms with Crippen molar-refractivity contribution >= 4 is 51.0 Å². The summed E-state index contributed by atoms with van der Waals surface area (Å²) in [7, 11) is 0. The van der Waals surface area contributed by atoms with Crippen LogP contribution in [0.3, 0.4) is 0 Å². The van der Waals surface area contributed by atoms with Crippen LogP contribution in [0.5, 0.6) is 0 Å². The van der Waals surface area contributed by atoms with E-state index in [9.17, 15) is 9.59 Å². The molecule has 10 heteroatoms. The first kappa shape index (κ1) is 28.1. The number of amides is 1. The Bertz CT molecular complexity index is 1610. The number of hydrogen-bond acceptors (Lipinski definition) is 9. The van der Waals surface area contributed by atoms with Gasteiger partial charge < -0.3 is 26.1 Å². The zero-order valence-electron chi connectivity index (χ0n) is 22.9. The fraction of sp³-hybridized carbons (Fsp3) is 0.258. The van der Waals surface area contributed by atoms with Crippen LogP contribution in [0.4, 0.5) is 11.5 Å². The smallest absolute Gasteiger partial charge is 0.220 e. The molecule has 0 atom stereocenters. The van der Waals surface area contributed by atoms with Gasteiger partial charge in [0.1, 0.15) is 0 Å². The van der Waals surface area contributed by atoms with Gasteiger partial charge in [0.15, 0.2) is 17.4 Å². The summed E-state index contributed by atoms with van der Waals surface area (Å²) in [4.78, 5) is 36.9. The van der Waals surface area contributed by atoms with Gasteiger partial charge in [0, 0.05) is 60.4 Å². The highest BCUT2D eigenvalue weighted by Gasteiger charge is 2.21. The van der Waals surface area contributed by atoms with Crippen LogP contribution in [-0.4, -0.2) is 54.2 Å². The van der Waals surface area contributed by atoms with Crippen LogP contribution < -0.4 is 16.0 Å². The molecular weight excluding hydrogens is 536 g/mol. The Labute approximate surface area is 242 Å². The number of allylic oxidation sites excluding steroid dienone is 2. The average Bonchev–Trinajstić information content (AvgIpc) is 3.43. The summed E-state index contributed by atoms with van der Waals surface area (Å²) in [6, 6.07) is 15.7. The van der Waals surface area contributed by atoms with Gasteiger partial charge in [-0.2, -0.15) is 0 Å². The highest BCUT2D eigenvalue weighted by Crippen LogP contribution is 2.39. The lowest BCUT2D eigenvalue weighted by Gasteiger charge is -2.28. The minimum absolute atomic E-state index is 0.0491. The van der Waals surface area contributed by atoms with E-state index in [1.165, 1.54) is 12.3 Å². The summed E-state index contributed by atoms with van der Waals surface area (Å²) in [6.07, 6.45) is 4.80. The zero-order chi connectivity index (χ0) is 28.8. The lowest BCUT2D eigenvalue weighted by atomic mass is 10.1. The highest BCUT2D eigenvalue weighted by molar-refractivity contribution is 7.22. The Kier molecular flexibility index (Phi) is 8.81. The maximum absolute atomic E-state index is 12.1. The van der Waals surface area contributed by atoms with Crippen molar-refractivity contribution in [3.8, 4) is 21.8 Å². The molecule has 1 aliphatic heterocycles. The van der Waals surface area contributed by atoms with Gasteiger partial charge in [0.25, 0.3) is 0 Å². The second-order valence-corrected chi connectivity index (χ2v) is 10.7. The number of morpholine rings is 1. The first-order chi connectivity index (χ1) is 20.0. The third-order valence-corrected chi connectivity index (χ3v) is 8.04. The Hall–Kier alpha value is -4.41. The number of nitrogens with one attached hydrogen (secondary N) is 2. The van der Waals surface area contributed by atoms with Crippen molar-refractivity contribution in [1.82, 2.24) is 15.3 Å². The number of fused-ring (bicyclic) bond motifs is 1. The van der Waals surface area contributed by atoms with Crippen molar-refractivity contribution in [2.75, 3.05) is 36.9 Å². The van der Waals surface area contributed by atoms with Crippen LogP contribution >= 0.6 is 11.3 Å². The van der Waals surface area contributed by atoms with Crippen molar-refractivity contribution in [1.29, 1.82) is 5.41 Å². The van der Waals surface area contributed by atoms with E-state index in [1.54, 1.807) is 30.4 Å². The molecule has 0 unspecified atom stereocenters. The third-order valence-electron chi connectivity index (χ3n) is 6.87. The Morgan fingerprint density at radius 2 is 1.90 bits per heavy atom. The largest absolute Gasteiger partial charge is 0.398 e. The number of benzene rings is 2. The van der Waals surface area contributed by atoms with Gasteiger partial charge in [-0.3, -0.25) is 9.59 Å². The summed E-state index contributed by atoms with van der Waals surface area (Å²) < 4.78 is 6.58. The number of anilines is 2. The van der Waals surface area contributed by atoms with Crippen LogP contribution in [0.15, 0.2) is 60.7 Å². The predicted molar refractivity (Wildman–Crippen MR) is 165 cm³/mol. The number of nitrogen functional groups attached to an aromatic ring is 1. The fourth-order valence-electron chi connectivity index (χ4n) is 4.69. The SMILES string of the molecule is C/C=C/C(=O)CCC(=O)NCc1ccc(-c2cc3nc(-c4cccc(N)c4C=N)nc(N4CCOCC4)c3s2)cc1. The molecule has 0 bridgehead atoms. The number of ketones is 1. The molecule has 0 aliphatic carbocycles. The molecule has 1 fully saturated rings. The van der Waals surface area contributed by atoms with E-state index in [0.29, 0.717) is 36.8 Å². The topological polar surface area (TPSA) is 134 Å². The molecular formula is C31H32N6O3S. The molecule has 0 radical (unpaired) electrons. The van der Waals surface area contributed by atoms with E-state index in [0.717, 1.165) is 50.7 Å². The van der Waals surface area contributed by atoms with Gasteiger partial charge >= 0.3 is 0 Å². The van der Waals surface area contributed by atoms with Crippen LogP contribution in [0.2, 0.25) is 0 Å². The molecule has 1 saturated heterocycles. The van der Waals surface area contributed by atoms with E-state index in [2.05, 4.69) is 16.3 Å². The van der Waals surface area contributed by atoms with Gasteiger partial charge in [-0.25, -0.2) is 9.97 Å². The third kappa shape index (κ3) is 6.50. The quantitative estimate of drug-likeness (QED) is 0.139. The summed E-state index contributed by atoms with van der Waals surface area (Å²) in [5.74, 6) is 1.20. The van der Waals surface area contributed by atoms with E-state index < -0.39 is 0 Å². The number of carbonyl (C=O) groups excluding carboxylic acids is 2. The number of ether oxygens (including phenoxy) is 1. The van der Waals surface area contributed by atoms with Crippen LogP contribution in [0.1, 0.15) is 30.9 Å². The number of nitrogens with zero attached hydrogens (tertiary/aromatic N) is 3. The molecule has 41 heavy (non-hydrogen) atoms. The van der Waals surface area contributed by atoms with Crippen LogP contribution in [-0.2, 0) is 20.9 Å². The molecule has 0 saturated carbocycles. The van der Waals surface area contributed by atoms with Crippen molar-refractivity contribution in [2.24, 2.45) is 0 Å². The normalized spacial score (nSPS) is 13.5. The summed E-state index contributed by atoms with van der Waals surface area (Å²) >= 11 is 1.64. The number of carbonyl (C=O) groups is 2. The zero-order valence-corrected chi connectivity index (χ0v) is 23.7. The lowest BCUT2D eigenvalue weighted by Crippen LogP contribution is -2.36. The molecule has 4 aromatic rings. The molecule has 3 heterocycles. The fourth-order valence-corrected chi connectivity index (χ4v) is 5.81. The van der Waals surface area contributed by atoms with Crippen LogP contribution in [0, 0.1) is 5.41 Å². The second kappa shape index (κ2) is 12.8. The first-order valence-corrected chi connectivity index (χ1v) is 14.3. The summed E-state index contributed by atoms with van der Waals surface area (Å²) in [5.41, 5.74) is 10.8. The predicted octanol–water partition coefficient (Wildman–Crippen LogP) is 4.98. The van der Waals surface area contributed by atoms with Gasteiger partial charge in [-0.15, -0.1) is 11.3 Å². The Morgan fingerprint density at radius 1 is 1.12 bits per heavy atom. The van der Waals surface area contributed by atoms with Gasteiger partial charge in [0.05, 0.1) is 23.4 Å². The standard InChI is InChI=1S/C31H32N6O3S/c1-2-4-22(38)11-12-28(39)34-19-20-7-9-21(10-8-20)27-17-26-29(41-27)31(37-13-15-40-16-14-37)36-30(35-26)23-5-3-6-25(33)24(23)18-32/h2-10,17-18,32H,11-16,19,33H2,1H3,(H,34,39)/b4-2+,32-18?. The number of nitrogens with two attached hydrogens (primary N) is 1. The van der Waals surface area contributed by atoms with Gasteiger partial charge in [-0.05, 0) is 36.3 Å². The Balaban J connectivity index is 1.41. The monoisotopic (exact) mass is 568 g/mol. The van der Waals surface area contributed by atoms with E-state index in [4.69, 9.17) is 25.8 Å².